The van der Waals surface area contributed by atoms with Crippen LogP contribution in [-0.4, -0.2) is 38.1 Å². The zero-order valence-corrected chi connectivity index (χ0v) is 12.8. The molecule has 0 saturated carbocycles. The van der Waals surface area contributed by atoms with E-state index < -0.39 is 12.0 Å². The molecular weight excluding hydrogens is 292 g/mol. The molecule has 0 radical (unpaired) electrons. The first kappa shape index (κ1) is 17.5. The molecule has 2 rings (SSSR count). The molecule has 2 atom stereocenters. The van der Waals surface area contributed by atoms with Crippen LogP contribution in [0.1, 0.15) is 12.0 Å². The van der Waals surface area contributed by atoms with E-state index in [9.17, 15) is 9.59 Å². The molecule has 5 nitrogen and oxygen atoms in total. The van der Waals surface area contributed by atoms with E-state index in [0.29, 0.717) is 13.0 Å². The molecule has 1 fully saturated rings. The van der Waals surface area contributed by atoms with Gasteiger partial charge in [0.1, 0.15) is 6.04 Å². The van der Waals surface area contributed by atoms with Crippen molar-refractivity contribution in [3.05, 3.63) is 35.9 Å². The van der Waals surface area contributed by atoms with Crippen molar-refractivity contribution < 1.29 is 14.3 Å². The van der Waals surface area contributed by atoms with Crippen molar-refractivity contribution in [3.8, 4) is 0 Å². The van der Waals surface area contributed by atoms with Gasteiger partial charge in [-0.05, 0) is 18.5 Å². The van der Waals surface area contributed by atoms with Gasteiger partial charge in [-0.1, -0.05) is 30.3 Å². The van der Waals surface area contributed by atoms with E-state index in [1.807, 2.05) is 30.3 Å². The summed E-state index contributed by atoms with van der Waals surface area (Å²) in [7, 11) is 1.34. The maximum Gasteiger partial charge on any atom is 0.328 e. The Bertz CT molecular complexity index is 461. The first-order chi connectivity index (χ1) is 9.70. The van der Waals surface area contributed by atoms with Crippen molar-refractivity contribution in [2.45, 2.75) is 18.9 Å². The molecule has 1 aromatic carbocycles. The summed E-state index contributed by atoms with van der Waals surface area (Å²) in [6.45, 7) is 1.52. The van der Waals surface area contributed by atoms with Gasteiger partial charge in [0.25, 0.3) is 0 Å². The number of halogens is 1. The summed E-state index contributed by atoms with van der Waals surface area (Å²) >= 11 is 0. The molecule has 1 amide bonds. The topological polar surface area (TPSA) is 67.4 Å². The number of benzene rings is 1. The fourth-order valence-corrected chi connectivity index (χ4v) is 2.35. The van der Waals surface area contributed by atoms with Gasteiger partial charge in [0.15, 0.2) is 0 Å². The van der Waals surface area contributed by atoms with E-state index in [2.05, 4.69) is 10.6 Å². The third-order valence-corrected chi connectivity index (χ3v) is 3.52. The lowest BCUT2D eigenvalue weighted by Crippen LogP contribution is -2.45. The fourth-order valence-electron chi connectivity index (χ4n) is 2.35. The van der Waals surface area contributed by atoms with Crippen molar-refractivity contribution in [3.63, 3.8) is 0 Å². The van der Waals surface area contributed by atoms with Crippen LogP contribution in [0.5, 0.6) is 0 Å². The first-order valence-electron chi connectivity index (χ1n) is 6.83. The van der Waals surface area contributed by atoms with Gasteiger partial charge in [0, 0.05) is 13.0 Å². The van der Waals surface area contributed by atoms with Gasteiger partial charge in [0.2, 0.25) is 5.91 Å². The molecule has 1 aliphatic heterocycles. The minimum atomic E-state index is -0.629. The van der Waals surface area contributed by atoms with Crippen molar-refractivity contribution >= 4 is 24.3 Å². The number of hydrogen-bond donors (Lipinski definition) is 2. The van der Waals surface area contributed by atoms with Crippen LogP contribution in [0, 0.1) is 5.92 Å². The molecule has 6 heteroatoms. The Morgan fingerprint density at radius 2 is 2.10 bits per heavy atom. The van der Waals surface area contributed by atoms with Gasteiger partial charge in [-0.3, -0.25) is 4.79 Å². The standard InChI is InChI=1S/C15H20N2O3.ClH/c1-20-15(19)13(9-11-5-3-2-4-6-11)17-14(18)12-7-8-16-10-12;/h2-6,12-13,16H,7-10H2,1H3,(H,17,18);1H. The second kappa shape index (κ2) is 8.64. The third-order valence-electron chi connectivity index (χ3n) is 3.52. The minimum absolute atomic E-state index is 0. The third kappa shape index (κ3) is 5.02. The molecule has 0 aromatic heterocycles. The van der Waals surface area contributed by atoms with Crippen LogP contribution in [0.3, 0.4) is 0 Å². The highest BCUT2D eigenvalue weighted by Crippen LogP contribution is 2.10. The Hall–Kier alpha value is -1.59. The van der Waals surface area contributed by atoms with Crippen LogP contribution >= 0.6 is 12.4 Å². The number of esters is 1. The van der Waals surface area contributed by atoms with E-state index in [4.69, 9.17) is 4.74 Å². The second-order valence-electron chi connectivity index (χ2n) is 4.96. The minimum Gasteiger partial charge on any atom is -0.467 e. The van der Waals surface area contributed by atoms with Crippen LogP contribution < -0.4 is 10.6 Å². The number of hydrogen-bond acceptors (Lipinski definition) is 4. The van der Waals surface area contributed by atoms with E-state index in [1.54, 1.807) is 0 Å². The molecule has 1 aliphatic rings. The lowest BCUT2D eigenvalue weighted by molar-refractivity contribution is -0.145. The first-order valence-corrected chi connectivity index (χ1v) is 6.83. The summed E-state index contributed by atoms with van der Waals surface area (Å²) in [5.74, 6) is -0.549. The predicted octanol–water partition coefficient (Wildman–Crippen LogP) is 0.918. The molecular formula is C15H21ClN2O3. The predicted molar refractivity (Wildman–Crippen MR) is 82.3 cm³/mol. The molecule has 2 unspecified atom stereocenters. The molecule has 1 aromatic rings. The molecule has 2 N–H and O–H groups in total. The Morgan fingerprint density at radius 3 is 2.67 bits per heavy atom. The Morgan fingerprint density at radius 1 is 1.38 bits per heavy atom. The molecule has 116 valence electrons. The average molecular weight is 313 g/mol. The molecule has 0 spiro atoms. The molecule has 0 bridgehead atoms. The lowest BCUT2D eigenvalue weighted by Gasteiger charge is -2.18. The second-order valence-corrected chi connectivity index (χ2v) is 4.96. The quantitative estimate of drug-likeness (QED) is 0.793. The van der Waals surface area contributed by atoms with Gasteiger partial charge < -0.3 is 15.4 Å². The SMILES string of the molecule is COC(=O)C(Cc1ccccc1)NC(=O)C1CCNC1.Cl. The number of rotatable bonds is 5. The number of ether oxygens (including phenoxy) is 1. The monoisotopic (exact) mass is 312 g/mol. The number of nitrogens with one attached hydrogen (secondary N) is 2. The van der Waals surface area contributed by atoms with Crippen molar-refractivity contribution in [2.24, 2.45) is 5.92 Å². The zero-order chi connectivity index (χ0) is 14.4. The number of carbonyl (C=O) groups is 2. The van der Waals surface area contributed by atoms with Gasteiger partial charge in [-0.15, -0.1) is 12.4 Å². The van der Waals surface area contributed by atoms with Gasteiger partial charge >= 0.3 is 5.97 Å². The van der Waals surface area contributed by atoms with Crippen LogP contribution in [0.25, 0.3) is 0 Å². The van der Waals surface area contributed by atoms with Gasteiger partial charge in [-0.2, -0.15) is 0 Å². The average Bonchev–Trinajstić information content (AvgIpc) is 3.01. The van der Waals surface area contributed by atoms with Gasteiger partial charge in [0.05, 0.1) is 13.0 Å². The molecule has 1 heterocycles. The zero-order valence-electron chi connectivity index (χ0n) is 12.0. The smallest absolute Gasteiger partial charge is 0.328 e. The van der Waals surface area contributed by atoms with Crippen molar-refractivity contribution in [1.29, 1.82) is 0 Å². The summed E-state index contributed by atoms with van der Waals surface area (Å²) in [6, 6.07) is 8.96. The van der Waals surface area contributed by atoms with Crippen LogP contribution in [0.2, 0.25) is 0 Å². The van der Waals surface area contributed by atoms with Crippen LogP contribution in [-0.2, 0) is 20.7 Å². The largest absolute Gasteiger partial charge is 0.467 e. The Labute approximate surface area is 130 Å². The normalized spacial score (nSPS) is 18.4. The highest BCUT2D eigenvalue weighted by Gasteiger charge is 2.28. The summed E-state index contributed by atoms with van der Waals surface area (Å²) in [5.41, 5.74) is 0.993. The van der Waals surface area contributed by atoms with Crippen molar-refractivity contribution in [1.82, 2.24) is 10.6 Å². The fraction of sp³-hybridized carbons (Fsp3) is 0.467. The lowest BCUT2D eigenvalue weighted by atomic mass is 10.0. The summed E-state index contributed by atoms with van der Waals surface area (Å²) in [4.78, 5) is 23.9. The summed E-state index contributed by atoms with van der Waals surface area (Å²) in [6.07, 6.45) is 1.25. The van der Waals surface area contributed by atoms with Crippen LogP contribution in [0.15, 0.2) is 30.3 Å². The van der Waals surface area contributed by atoms with Crippen molar-refractivity contribution in [2.75, 3.05) is 20.2 Å². The Kier molecular flexibility index (Phi) is 7.19. The number of amides is 1. The number of carbonyl (C=O) groups excluding carboxylic acids is 2. The van der Waals surface area contributed by atoms with E-state index in [1.165, 1.54) is 7.11 Å². The highest BCUT2D eigenvalue weighted by molar-refractivity contribution is 5.86. The van der Waals surface area contributed by atoms with E-state index in [0.717, 1.165) is 18.5 Å². The van der Waals surface area contributed by atoms with E-state index >= 15 is 0 Å². The number of methoxy groups -OCH3 is 1. The molecule has 21 heavy (non-hydrogen) atoms. The highest BCUT2D eigenvalue weighted by atomic mass is 35.5. The van der Waals surface area contributed by atoms with Gasteiger partial charge in [-0.25, -0.2) is 4.79 Å². The van der Waals surface area contributed by atoms with E-state index in [-0.39, 0.29) is 24.2 Å². The molecule has 1 saturated heterocycles. The van der Waals surface area contributed by atoms with Crippen LogP contribution in [0.4, 0.5) is 0 Å². The maximum atomic E-state index is 12.1. The Balaban J connectivity index is 0.00000220. The maximum absolute atomic E-state index is 12.1. The summed E-state index contributed by atoms with van der Waals surface area (Å²) < 4.78 is 4.78. The molecule has 0 aliphatic carbocycles. The summed E-state index contributed by atoms with van der Waals surface area (Å²) in [5, 5.41) is 5.95.